The molecular weight excluding hydrogens is 238 g/mol. The zero-order chi connectivity index (χ0) is 13.2. The van der Waals surface area contributed by atoms with Crippen molar-refractivity contribution in [2.24, 2.45) is 0 Å². The lowest BCUT2D eigenvalue weighted by molar-refractivity contribution is -0.0753. The number of amides is 1. The number of aryl methyl sites for hydroxylation is 1. The van der Waals surface area contributed by atoms with Crippen LogP contribution in [0.4, 0.5) is 0 Å². The molecule has 1 heterocycles. The fourth-order valence-electron chi connectivity index (χ4n) is 3.32. The Kier molecular flexibility index (Phi) is 3.56. The van der Waals surface area contributed by atoms with E-state index in [1.807, 2.05) is 31.2 Å². The molecule has 1 aromatic carbocycles. The molecule has 0 spiro atoms. The number of carbonyl (C=O) groups excluding carboxylic acids is 1. The van der Waals surface area contributed by atoms with E-state index in [1.54, 1.807) is 0 Å². The van der Waals surface area contributed by atoms with Crippen molar-refractivity contribution in [1.29, 1.82) is 0 Å². The second kappa shape index (κ2) is 5.33. The Labute approximate surface area is 114 Å². The van der Waals surface area contributed by atoms with Crippen molar-refractivity contribution in [2.75, 3.05) is 13.2 Å². The number of hydrogen-bond acceptors (Lipinski definition) is 2. The van der Waals surface area contributed by atoms with Gasteiger partial charge in [-0.25, -0.2) is 0 Å². The van der Waals surface area contributed by atoms with Gasteiger partial charge < -0.3 is 9.64 Å². The zero-order valence-electron chi connectivity index (χ0n) is 11.5. The standard InChI is InChI=1S/C16H21NO2/c1-12-6-2-3-7-13(12)16(18)17-10-11-19-15-9-5-4-8-14(15)17/h2-3,6-7,14-15H,4-5,8-11H2,1H3/t14-,15+/m0/s1. The third-order valence-corrected chi connectivity index (χ3v) is 4.37. The Balaban J connectivity index is 1.84. The summed E-state index contributed by atoms with van der Waals surface area (Å²) in [5, 5.41) is 0. The smallest absolute Gasteiger partial charge is 0.254 e. The third-order valence-electron chi connectivity index (χ3n) is 4.37. The molecule has 0 N–H and O–H groups in total. The molecule has 102 valence electrons. The van der Waals surface area contributed by atoms with Gasteiger partial charge in [-0.1, -0.05) is 31.0 Å². The van der Waals surface area contributed by atoms with Crippen LogP contribution in [0.1, 0.15) is 41.6 Å². The highest BCUT2D eigenvalue weighted by Gasteiger charge is 2.37. The van der Waals surface area contributed by atoms with Gasteiger partial charge in [-0.05, 0) is 31.4 Å². The number of carbonyl (C=O) groups is 1. The van der Waals surface area contributed by atoms with E-state index < -0.39 is 0 Å². The first-order chi connectivity index (χ1) is 9.27. The normalized spacial score (nSPS) is 26.9. The van der Waals surface area contributed by atoms with Crippen molar-refractivity contribution in [1.82, 2.24) is 4.90 Å². The van der Waals surface area contributed by atoms with Crippen LogP contribution in [0.3, 0.4) is 0 Å². The lowest BCUT2D eigenvalue weighted by Gasteiger charge is -2.44. The molecule has 2 fully saturated rings. The van der Waals surface area contributed by atoms with Gasteiger partial charge in [0.2, 0.25) is 0 Å². The number of rotatable bonds is 1. The maximum atomic E-state index is 12.7. The van der Waals surface area contributed by atoms with E-state index in [1.165, 1.54) is 12.8 Å². The summed E-state index contributed by atoms with van der Waals surface area (Å²) in [4.78, 5) is 14.8. The molecule has 0 aromatic heterocycles. The van der Waals surface area contributed by atoms with Crippen molar-refractivity contribution < 1.29 is 9.53 Å². The molecule has 19 heavy (non-hydrogen) atoms. The van der Waals surface area contributed by atoms with Crippen molar-refractivity contribution in [2.45, 2.75) is 44.8 Å². The Morgan fingerprint density at radius 2 is 2.05 bits per heavy atom. The van der Waals surface area contributed by atoms with Crippen molar-refractivity contribution in [3.05, 3.63) is 35.4 Å². The summed E-state index contributed by atoms with van der Waals surface area (Å²) in [7, 11) is 0. The van der Waals surface area contributed by atoms with Gasteiger partial charge >= 0.3 is 0 Å². The fraction of sp³-hybridized carbons (Fsp3) is 0.562. The van der Waals surface area contributed by atoms with Gasteiger partial charge in [0.25, 0.3) is 5.91 Å². The lowest BCUT2D eigenvalue weighted by Crippen LogP contribution is -2.54. The van der Waals surface area contributed by atoms with Gasteiger partial charge in [0.15, 0.2) is 0 Å². The molecule has 3 rings (SSSR count). The van der Waals surface area contributed by atoms with Crippen LogP contribution in [0.25, 0.3) is 0 Å². The van der Waals surface area contributed by atoms with Crippen LogP contribution in [0.5, 0.6) is 0 Å². The Hall–Kier alpha value is -1.35. The molecule has 0 radical (unpaired) electrons. The summed E-state index contributed by atoms with van der Waals surface area (Å²) >= 11 is 0. The van der Waals surface area contributed by atoms with Gasteiger partial charge in [-0.2, -0.15) is 0 Å². The highest BCUT2D eigenvalue weighted by molar-refractivity contribution is 5.95. The van der Waals surface area contributed by atoms with Crippen molar-refractivity contribution >= 4 is 5.91 Å². The Bertz CT molecular complexity index is 470. The quantitative estimate of drug-likeness (QED) is 0.776. The molecule has 1 aromatic rings. The van der Waals surface area contributed by atoms with E-state index in [0.717, 1.165) is 30.5 Å². The van der Waals surface area contributed by atoms with Crippen LogP contribution in [0.2, 0.25) is 0 Å². The van der Waals surface area contributed by atoms with E-state index in [9.17, 15) is 4.79 Å². The van der Waals surface area contributed by atoms with Crippen LogP contribution in [-0.2, 0) is 4.74 Å². The number of hydrogen-bond donors (Lipinski definition) is 0. The molecule has 3 nitrogen and oxygen atoms in total. The van der Waals surface area contributed by atoms with Gasteiger partial charge in [-0.3, -0.25) is 4.79 Å². The zero-order valence-corrected chi connectivity index (χ0v) is 11.5. The molecule has 0 bridgehead atoms. The summed E-state index contributed by atoms with van der Waals surface area (Å²) in [5.74, 6) is 0.179. The van der Waals surface area contributed by atoms with Crippen LogP contribution in [0, 0.1) is 6.92 Å². The minimum absolute atomic E-state index is 0.179. The molecule has 1 saturated carbocycles. The monoisotopic (exact) mass is 259 g/mol. The first kappa shape index (κ1) is 12.7. The van der Waals surface area contributed by atoms with Crippen LogP contribution in [0.15, 0.2) is 24.3 Å². The molecule has 1 saturated heterocycles. The second-order valence-corrected chi connectivity index (χ2v) is 5.57. The molecule has 2 aliphatic rings. The van der Waals surface area contributed by atoms with E-state index in [2.05, 4.69) is 4.90 Å². The minimum Gasteiger partial charge on any atom is -0.374 e. The van der Waals surface area contributed by atoms with E-state index in [0.29, 0.717) is 6.61 Å². The predicted octanol–water partition coefficient (Wildman–Crippen LogP) is 2.78. The molecule has 3 heteroatoms. The van der Waals surface area contributed by atoms with Gasteiger partial charge in [-0.15, -0.1) is 0 Å². The number of benzene rings is 1. The first-order valence-corrected chi connectivity index (χ1v) is 7.25. The largest absolute Gasteiger partial charge is 0.374 e. The van der Waals surface area contributed by atoms with Gasteiger partial charge in [0, 0.05) is 12.1 Å². The van der Waals surface area contributed by atoms with E-state index >= 15 is 0 Å². The summed E-state index contributed by atoms with van der Waals surface area (Å²) in [6.07, 6.45) is 4.88. The highest BCUT2D eigenvalue weighted by atomic mass is 16.5. The molecule has 2 atom stereocenters. The maximum absolute atomic E-state index is 12.7. The summed E-state index contributed by atoms with van der Waals surface area (Å²) in [6, 6.07) is 8.15. The second-order valence-electron chi connectivity index (χ2n) is 5.57. The van der Waals surface area contributed by atoms with Crippen LogP contribution in [-0.4, -0.2) is 36.1 Å². The molecule has 1 aliphatic carbocycles. The van der Waals surface area contributed by atoms with Crippen molar-refractivity contribution in [3.63, 3.8) is 0 Å². The number of fused-ring (bicyclic) bond motifs is 1. The van der Waals surface area contributed by atoms with Crippen LogP contribution >= 0.6 is 0 Å². The topological polar surface area (TPSA) is 29.5 Å². The van der Waals surface area contributed by atoms with E-state index in [-0.39, 0.29) is 18.1 Å². The molecule has 1 aliphatic heterocycles. The van der Waals surface area contributed by atoms with E-state index in [4.69, 9.17) is 4.74 Å². The lowest BCUT2D eigenvalue weighted by atomic mass is 9.89. The third kappa shape index (κ3) is 2.39. The summed E-state index contributed by atoms with van der Waals surface area (Å²) in [6.45, 7) is 3.42. The first-order valence-electron chi connectivity index (χ1n) is 7.25. The van der Waals surface area contributed by atoms with Crippen molar-refractivity contribution in [3.8, 4) is 0 Å². The summed E-state index contributed by atoms with van der Waals surface area (Å²) < 4.78 is 5.83. The highest BCUT2D eigenvalue weighted by Crippen LogP contribution is 2.29. The van der Waals surface area contributed by atoms with Gasteiger partial charge in [0.1, 0.15) is 0 Å². The molecular formula is C16H21NO2. The maximum Gasteiger partial charge on any atom is 0.254 e. The predicted molar refractivity (Wildman–Crippen MR) is 74.2 cm³/mol. The average molecular weight is 259 g/mol. The Morgan fingerprint density at radius 1 is 1.26 bits per heavy atom. The fourth-order valence-corrected chi connectivity index (χ4v) is 3.32. The summed E-state index contributed by atoms with van der Waals surface area (Å²) in [5.41, 5.74) is 1.90. The molecule has 1 amide bonds. The minimum atomic E-state index is 0.179. The number of nitrogens with zero attached hydrogens (tertiary/aromatic N) is 1. The average Bonchev–Trinajstić information content (AvgIpc) is 2.46. The molecule has 0 unspecified atom stereocenters. The number of morpholine rings is 1. The Morgan fingerprint density at radius 3 is 2.89 bits per heavy atom. The van der Waals surface area contributed by atoms with Crippen LogP contribution < -0.4 is 0 Å². The number of ether oxygens (including phenoxy) is 1. The SMILES string of the molecule is Cc1ccccc1C(=O)N1CCO[C@@H]2CCCC[C@@H]21. The van der Waals surface area contributed by atoms with Gasteiger partial charge in [0.05, 0.1) is 18.8 Å².